The second-order valence-electron chi connectivity index (χ2n) is 7.53. The Labute approximate surface area is 183 Å². The summed E-state index contributed by atoms with van der Waals surface area (Å²) in [7, 11) is -7.02. The highest BCUT2D eigenvalue weighted by molar-refractivity contribution is 7.90. The van der Waals surface area contributed by atoms with Gasteiger partial charge in [-0.2, -0.15) is 4.31 Å². The Balaban J connectivity index is 1.80. The number of rotatable bonds is 6. The van der Waals surface area contributed by atoms with E-state index >= 15 is 0 Å². The molecule has 0 unspecified atom stereocenters. The van der Waals surface area contributed by atoms with Crippen LogP contribution in [0.1, 0.15) is 34.5 Å². The van der Waals surface area contributed by atoms with Crippen molar-refractivity contribution in [1.29, 1.82) is 0 Å². The van der Waals surface area contributed by atoms with Gasteiger partial charge in [0.15, 0.2) is 9.84 Å². The highest BCUT2D eigenvalue weighted by Gasteiger charge is 2.27. The number of sulfone groups is 1. The Kier molecular flexibility index (Phi) is 6.85. The molecule has 1 aliphatic heterocycles. The zero-order valence-electron chi connectivity index (χ0n) is 17.7. The highest BCUT2D eigenvalue weighted by Crippen LogP contribution is 2.22. The van der Waals surface area contributed by atoms with Gasteiger partial charge >= 0.3 is 0 Å². The van der Waals surface area contributed by atoms with Gasteiger partial charge in [-0.25, -0.2) is 16.8 Å². The summed E-state index contributed by atoms with van der Waals surface area (Å²) in [5, 5.41) is 2.85. The van der Waals surface area contributed by atoms with Crippen LogP contribution in [0.25, 0.3) is 0 Å². The smallest absolute Gasteiger partial charge is 0.252 e. The molecule has 0 radical (unpaired) electrons. The van der Waals surface area contributed by atoms with Crippen LogP contribution in [0.4, 0.5) is 0 Å². The fourth-order valence-corrected chi connectivity index (χ4v) is 5.37. The van der Waals surface area contributed by atoms with Crippen molar-refractivity contribution < 1.29 is 26.4 Å². The number of carbonyl (C=O) groups excluding carboxylic acids is 1. The minimum absolute atomic E-state index is 0.0651. The third-order valence-corrected chi connectivity index (χ3v) is 8.24. The number of aryl methyl sites for hydroxylation is 1. The molecule has 0 saturated carbocycles. The lowest BCUT2D eigenvalue weighted by molar-refractivity contribution is 0.0730. The zero-order chi connectivity index (χ0) is 22.8. The molecular weight excluding hydrogens is 440 g/mol. The summed E-state index contributed by atoms with van der Waals surface area (Å²) >= 11 is 0. The van der Waals surface area contributed by atoms with Crippen LogP contribution < -0.4 is 5.32 Å². The van der Waals surface area contributed by atoms with E-state index in [4.69, 9.17) is 4.74 Å². The van der Waals surface area contributed by atoms with Crippen molar-refractivity contribution in [3.63, 3.8) is 0 Å². The number of hydrogen-bond acceptors (Lipinski definition) is 6. The molecule has 1 heterocycles. The molecular formula is C21H26N2O6S2. The largest absolute Gasteiger partial charge is 0.379 e. The Hall–Kier alpha value is -2.27. The SMILES string of the molecule is Cc1ccc(S(=O)(=O)N2CCOCC2)cc1C(=O)N[C@@H](C)c1ccc(S(C)(=O)=O)cc1. The van der Waals surface area contributed by atoms with E-state index in [1.54, 1.807) is 32.0 Å². The molecule has 2 aromatic carbocycles. The van der Waals surface area contributed by atoms with Gasteiger partial charge in [-0.05, 0) is 49.2 Å². The van der Waals surface area contributed by atoms with Crippen molar-refractivity contribution in [3.8, 4) is 0 Å². The van der Waals surface area contributed by atoms with Crippen molar-refractivity contribution in [2.45, 2.75) is 29.7 Å². The third kappa shape index (κ3) is 5.32. The fourth-order valence-electron chi connectivity index (χ4n) is 3.30. The van der Waals surface area contributed by atoms with Gasteiger partial charge in [-0.1, -0.05) is 18.2 Å². The Morgan fingerprint density at radius 3 is 2.16 bits per heavy atom. The fraction of sp³-hybridized carbons (Fsp3) is 0.381. The summed E-state index contributed by atoms with van der Waals surface area (Å²) in [5.41, 5.74) is 1.66. The van der Waals surface area contributed by atoms with Gasteiger partial charge in [-0.3, -0.25) is 4.79 Å². The topological polar surface area (TPSA) is 110 Å². The van der Waals surface area contributed by atoms with E-state index in [9.17, 15) is 21.6 Å². The summed E-state index contributed by atoms with van der Waals surface area (Å²) < 4.78 is 55.6. The van der Waals surface area contributed by atoms with E-state index in [1.165, 1.54) is 28.6 Å². The maximum absolute atomic E-state index is 12.9. The third-order valence-electron chi connectivity index (χ3n) is 5.22. The summed E-state index contributed by atoms with van der Waals surface area (Å²) in [6.07, 6.45) is 1.13. The van der Waals surface area contributed by atoms with Gasteiger partial charge < -0.3 is 10.1 Å². The first-order valence-corrected chi connectivity index (χ1v) is 13.1. The van der Waals surface area contributed by atoms with Gasteiger partial charge in [0.2, 0.25) is 10.0 Å². The number of carbonyl (C=O) groups is 1. The highest BCUT2D eigenvalue weighted by atomic mass is 32.2. The quantitative estimate of drug-likeness (QED) is 0.696. The number of benzene rings is 2. The molecule has 0 aliphatic carbocycles. The van der Waals surface area contributed by atoms with Gasteiger partial charge in [0, 0.05) is 24.9 Å². The molecule has 8 nitrogen and oxygen atoms in total. The minimum Gasteiger partial charge on any atom is -0.379 e. The van der Waals surface area contributed by atoms with Crippen LogP contribution in [0.2, 0.25) is 0 Å². The molecule has 1 atom stereocenters. The number of morpholine rings is 1. The zero-order valence-corrected chi connectivity index (χ0v) is 19.3. The van der Waals surface area contributed by atoms with Crippen molar-refractivity contribution >= 4 is 25.8 Å². The molecule has 168 valence electrons. The van der Waals surface area contributed by atoms with Gasteiger partial charge in [0.1, 0.15) is 0 Å². The predicted octanol–water partition coefficient (Wildman–Crippen LogP) is 1.91. The van der Waals surface area contributed by atoms with Crippen LogP contribution in [0.3, 0.4) is 0 Å². The van der Waals surface area contributed by atoms with Crippen LogP contribution in [0, 0.1) is 6.92 Å². The van der Waals surface area contributed by atoms with Crippen molar-refractivity contribution in [2.24, 2.45) is 0 Å². The maximum Gasteiger partial charge on any atom is 0.252 e. The lowest BCUT2D eigenvalue weighted by Crippen LogP contribution is -2.40. The first kappa shape index (κ1) is 23.4. The molecule has 1 aliphatic rings. The first-order valence-electron chi connectivity index (χ1n) is 9.79. The molecule has 3 rings (SSSR count). The second kappa shape index (κ2) is 9.07. The van der Waals surface area contributed by atoms with Crippen molar-refractivity contribution in [3.05, 3.63) is 59.2 Å². The minimum atomic E-state index is -3.72. The Morgan fingerprint density at radius 2 is 1.58 bits per heavy atom. The standard InChI is InChI=1S/C21H26N2O6S2/c1-15-4-7-19(31(27,28)23-10-12-29-13-11-23)14-20(15)21(24)22-16(2)17-5-8-18(9-6-17)30(3,25)26/h4-9,14,16H,10-13H2,1-3H3,(H,22,24)/t16-/m0/s1. The summed E-state index contributed by atoms with van der Waals surface area (Å²) in [6.45, 7) is 4.75. The molecule has 1 N–H and O–H groups in total. The number of nitrogens with one attached hydrogen (secondary N) is 1. The van der Waals surface area contributed by atoms with Gasteiger partial charge in [0.25, 0.3) is 5.91 Å². The summed E-state index contributed by atoms with van der Waals surface area (Å²) in [4.78, 5) is 13.2. The normalized spacial score (nSPS) is 16.6. The number of nitrogens with zero attached hydrogens (tertiary/aromatic N) is 1. The maximum atomic E-state index is 12.9. The molecule has 2 aromatic rings. The second-order valence-corrected chi connectivity index (χ2v) is 11.5. The van der Waals surface area contributed by atoms with Crippen LogP contribution in [-0.2, 0) is 24.6 Å². The van der Waals surface area contributed by atoms with Crippen LogP contribution in [0.5, 0.6) is 0 Å². The first-order chi connectivity index (χ1) is 14.5. The van der Waals surface area contributed by atoms with Gasteiger partial charge in [-0.15, -0.1) is 0 Å². The van der Waals surface area contributed by atoms with Gasteiger partial charge in [0.05, 0.1) is 29.0 Å². The van der Waals surface area contributed by atoms with E-state index in [0.29, 0.717) is 18.8 Å². The molecule has 1 fully saturated rings. The average molecular weight is 467 g/mol. The van der Waals surface area contributed by atoms with Crippen molar-refractivity contribution in [2.75, 3.05) is 32.6 Å². The van der Waals surface area contributed by atoms with Crippen LogP contribution >= 0.6 is 0 Å². The number of amides is 1. The van der Waals surface area contributed by atoms with Crippen molar-refractivity contribution in [1.82, 2.24) is 9.62 Å². The molecule has 0 aromatic heterocycles. The molecule has 10 heteroatoms. The van der Waals surface area contributed by atoms with E-state index in [0.717, 1.165) is 11.8 Å². The monoisotopic (exact) mass is 466 g/mol. The van der Waals surface area contributed by atoms with E-state index in [2.05, 4.69) is 5.32 Å². The predicted molar refractivity (Wildman–Crippen MR) is 116 cm³/mol. The molecule has 1 amide bonds. The molecule has 0 spiro atoms. The lowest BCUT2D eigenvalue weighted by Gasteiger charge is -2.26. The van der Waals surface area contributed by atoms with E-state index in [1.807, 2.05) is 0 Å². The summed E-state index contributed by atoms with van der Waals surface area (Å²) in [6, 6.07) is 10.4. The van der Waals surface area contributed by atoms with Crippen LogP contribution in [-0.4, -0.2) is 59.6 Å². The van der Waals surface area contributed by atoms with Crippen LogP contribution in [0.15, 0.2) is 52.3 Å². The Morgan fingerprint density at radius 1 is 1.00 bits per heavy atom. The summed E-state index contributed by atoms with van der Waals surface area (Å²) in [5.74, 6) is -0.406. The number of hydrogen-bond donors (Lipinski definition) is 1. The molecule has 0 bridgehead atoms. The average Bonchev–Trinajstić information content (AvgIpc) is 2.74. The lowest BCUT2D eigenvalue weighted by atomic mass is 10.1. The van der Waals surface area contributed by atoms with E-state index < -0.39 is 31.8 Å². The Bertz CT molecular complexity index is 1170. The van der Waals surface area contributed by atoms with E-state index in [-0.39, 0.29) is 28.4 Å². The molecule has 1 saturated heterocycles. The molecule has 31 heavy (non-hydrogen) atoms. The number of ether oxygens (including phenoxy) is 1. The number of sulfonamides is 1.